The van der Waals surface area contributed by atoms with E-state index in [1.165, 1.54) is 25.7 Å². The van der Waals surface area contributed by atoms with Crippen LogP contribution >= 0.6 is 0 Å². The minimum Gasteiger partial charge on any atom is -0.382 e. The first-order valence-electron chi connectivity index (χ1n) is 4.50. The first kappa shape index (κ1) is 9.01. The summed E-state index contributed by atoms with van der Waals surface area (Å²) in [6.07, 6.45) is 5.54. The smallest absolute Gasteiger partial charge is 0.0700 e. The van der Waals surface area contributed by atoms with Crippen LogP contribution in [0.1, 0.15) is 25.7 Å². The normalized spacial score (nSPS) is 19.4. The summed E-state index contributed by atoms with van der Waals surface area (Å²) >= 11 is 0. The summed E-state index contributed by atoms with van der Waals surface area (Å²) in [7, 11) is 1.71. The molecular formula is C9H18O2. The van der Waals surface area contributed by atoms with Crippen molar-refractivity contribution in [1.82, 2.24) is 0 Å². The van der Waals surface area contributed by atoms with E-state index in [9.17, 15) is 0 Å². The second kappa shape index (κ2) is 5.56. The maximum Gasteiger partial charge on any atom is 0.0700 e. The van der Waals surface area contributed by atoms with E-state index in [-0.39, 0.29) is 0 Å². The van der Waals surface area contributed by atoms with Crippen molar-refractivity contribution in [3.63, 3.8) is 0 Å². The highest BCUT2D eigenvalue weighted by Crippen LogP contribution is 2.24. The van der Waals surface area contributed by atoms with Gasteiger partial charge in [0.15, 0.2) is 0 Å². The van der Waals surface area contributed by atoms with Crippen molar-refractivity contribution in [3.05, 3.63) is 0 Å². The quantitative estimate of drug-likeness (QED) is 0.568. The van der Waals surface area contributed by atoms with E-state index in [0.29, 0.717) is 0 Å². The molecule has 1 saturated carbocycles. The summed E-state index contributed by atoms with van der Waals surface area (Å²) < 4.78 is 10.3. The second-order valence-electron chi connectivity index (χ2n) is 3.22. The Morgan fingerprint density at radius 1 is 1.18 bits per heavy atom. The van der Waals surface area contributed by atoms with Gasteiger partial charge in [-0.3, -0.25) is 0 Å². The maximum absolute atomic E-state index is 5.43. The largest absolute Gasteiger partial charge is 0.382 e. The lowest BCUT2D eigenvalue weighted by atomic mass is 10.1. The SMILES string of the molecule is COCCOCC1CCCC1. The number of hydrogen-bond donors (Lipinski definition) is 0. The Hall–Kier alpha value is -0.0800. The van der Waals surface area contributed by atoms with E-state index >= 15 is 0 Å². The highest BCUT2D eigenvalue weighted by atomic mass is 16.5. The molecule has 0 unspecified atom stereocenters. The molecule has 2 heteroatoms. The van der Waals surface area contributed by atoms with E-state index in [2.05, 4.69) is 0 Å². The molecule has 0 heterocycles. The van der Waals surface area contributed by atoms with Gasteiger partial charge in [-0.15, -0.1) is 0 Å². The molecule has 1 aliphatic rings. The summed E-state index contributed by atoms with van der Waals surface area (Å²) in [6, 6.07) is 0. The van der Waals surface area contributed by atoms with Gasteiger partial charge in [-0.25, -0.2) is 0 Å². The van der Waals surface area contributed by atoms with Gasteiger partial charge in [0.2, 0.25) is 0 Å². The molecule has 0 spiro atoms. The summed E-state index contributed by atoms with van der Waals surface area (Å²) in [5, 5.41) is 0. The van der Waals surface area contributed by atoms with Gasteiger partial charge in [-0.2, -0.15) is 0 Å². The first-order chi connectivity index (χ1) is 5.43. The van der Waals surface area contributed by atoms with Crippen molar-refractivity contribution in [2.24, 2.45) is 5.92 Å². The van der Waals surface area contributed by atoms with E-state index < -0.39 is 0 Å². The van der Waals surface area contributed by atoms with Gasteiger partial charge in [0.05, 0.1) is 13.2 Å². The molecule has 1 rings (SSSR count). The molecule has 0 aromatic rings. The third-order valence-corrected chi connectivity index (χ3v) is 2.26. The fourth-order valence-electron chi connectivity index (χ4n) is 1.57. The molecule has 66 valence electrons. The Kier molecular flexibility index (Phi) is 4.55. The molecule has 0 aromatic heterocycles. The predicted molar refractivity (Wildman–Crippen MR) is 44.7 cm³/mol. The van der Waals surface area contributed by atoms with Crippen LogP contribution in [-0.4, -0.2) is 26.9 Å². The van der Waals surface area contributed by atoms with Gasteiger partial charge in [0.1, 0.15) is 0 Å². The molecular weight excluding hydrogens is 140 g/mol. The Morgan fingerprint density at radius 2 is 1.91 bits per heavy atom. The average molecular weight is 158 g/mol. The molecule has 1 aliphatic carbocycles. The lowest BCUT2D eigenvalue weighted by Gasteiger charge is -2.08. The monoisotopic (exact) mass is 158 g/mol. The first-order valence-corrected chi connectivity index (χ1v) is 4.50. The van der Waals surface area contributed by atoms with Gasteiger partial charge in [0, 0.05) is 13.7 Å². The number of ether oxygens (including phenoxy) is 2. The topological polar surface area (TPSA) is 18.5 Å². The fourth-order valence-corrected chi connectivity index (χ4v) is 1.57. The molecule has 0 atom stereocenters. The molecule has 0 N–H and O–H groups in total. The molecule has 0 saturated heterocycles. The van der Waals surface area contributed by atoms with Crippen LogP contribution in [0.4, 0.5) is 0 Å². The van der Waals surface area contributed by atoms with Crippen LogP contribution in [0.15, 0.2) is 0 Å². The van der Waals surface area contributed by atoms with E-state index in [4.69, 9.17) is 9.47 Å². The van der Waals surface area contributed by atoms with Crippen molar-refractivity contribution in [2.45, 2.75) is 25.7 Å². The zero-order valence-corrected chi connectivity index (χ0v) is 7.34. The molecule has 0 aromatic carbocycles. The van der Waals surface area contributed by atoms with E-state index in [0.717, 1.165) is 25.7 Å². The lowest BCUT2D eigenvalue weighted by molar-refractivity contribution is 0.0525. The zero-order chi connectivity index (χ0) is 7.94. The lowest BCUT2D eigenvalue weighted by Crippen LogP contribution is -2.09. The Balaban J connectivity index is 1.86. The van der Waals surface area contributed by atoms with Crippen LogP contribution < -0.4 is 0 Å². The number of rotatable bonds is 5. The van der Waals surface area contributed by atoms with Crippen molar-refractivity contribution >= 4 is 0 Å². The van der Waals surface area contributed by atoms with Crippen LogP contribution in [0.2, 0.25) is 0 Å². The van der Waals surface area contributed by atoms with Crippen molar-refractivity contribution in [1.29, 1.82) is 0 Å². The predicted octanol–water partition coefficient (Wildman–Crippen LogP) is 1.84. The standard InChI is InChI=1S/C9H18O2/c1-10-6-7-11-8-9-4-2-3-5-9/h9H,2-8H2,1H3. The molecule has 0 bridgehead atoms. The average Bonchev–Trinajstić information content (AvgIpc) is 2.50. The highest BCUT2D eigenvalue weighted by Gasteiger charge is 2.14. The highest BCUT2D eigenvalue weighted by molar-refractivity contribution is 4.65. The molecule has 11 heavy (non-hydrogen) atoms. The van der Waals surface area contributed by atoms with Crippen LogP contribution in [0.3, 0.4) is 0 Å². The summed E-state index contributed by atoms with van der Waals surface area (Å²) in [5.41, 5.74) is 0. The summed E-state index contributed by atoms with van der Waals surface area (Å²) in [6.45, 7) is 2.43. The minimum atomic E-state index is 0.729. The van der Waals surface area contributed by atoms with Crippen LogP contribution in [0.5, 0.6) is 0 Å². The third-order valence-electron chi connectivity index (χ3n) is 2.26. The van der Waals surface area contributed by atoms with Crippen LogP contribution in [-0.2, 0) is 9.47 Å². The van der Waals surface area contributed by atoms with Crippen molar-refractivity contribution in [2.75, 3.05) is 26.9 Å². The van der Waals surface area contributed by atoms with Gasteiger partial charge in [-0.05, 0) is 18.8 Å². The maximum atomic E-state index is 5.43. The van der Waals surface area contributed by atoms with E-state index in [1.54, 1.807) is 7.11 Å². The summed E-state index contributed by atoms with van der Waals surface area (Å²) in [5.74, 6) is 0.840. The summed E-state index contributed by atoms with van der Waals surface area (Å²) in [4.78, 5) is 0. The molecule has 0 aliphatic heterocycles. The van der Waals surface area contributed by atoms with Crippen LogP contribution in [0, 0.1) is 5.92 Å². The minimum absolute atomic E-state index is 0.729. The van der Waals surface area contributed by atoms with Gasteiger partial charge >= 0.3 is 0 Å². The number of methoxy groups -OCH3 is 1. The molecule has 0 radical (unpaired) electrons. The molecule has 1 fully saturated rings. The van der Waals surface area contributed by atoms with Gasteiger partial charge < -0.3 is 9.47 Å². The molecule has 0 amide bonds. The Morgan fingerprint density at radius 3 is 2.55 bits per heavy atom. The van der Waals surface area contributed by atoms with Crippen molar-refractivity contribution in [3.8, 4) is 0 Å². The number of hydrogen-bond acceptors (Lipinski definition) is 2. The fraction of sp³-hybridized carbons (Fsp3) is 1.00. The third kappa shape index (κ3) is 3.73. The Bertz CT molecular complexity index is 87.6. The van der Waals surface area contributed by atoms with Gasteiger partial charge in [-0.1, -0.05) is 12.8 Å². The van der Waals surface area contributed by atoms with Crippen LogP contribution in [0.25, 0.3) is 0 Å². The molecule has 2 nitrogen and oxygen atoms in total. The van der Waals surface area contributed by atoms with Crippen molar-refractivity contribution < 1.29 is 9.47 Å². The van der Waals surface area contributed by atoms with E-state index in [1.807, 2.05) is 0 Å². The Labute approximate surface area is 68.9 Å². The second-order valence-corrected chi connectivity index (χ2v) is 3.22. The van der Waals surface area contributed by atoms with Gasteiger partial charge in [0.25, 0.3) is 0 Å². The zero-order valence-electron chi connectivity index (χ0n) is 7.34.